The Kier molecular flexibility index (Phi) is 5.78. The second-order valence-electron chi connectivity index (χ2n) is 5.37. The highest BCUT2D eigenvalue weighted by molar-refractivity contribution is 8.16. The third-order valence-electron chi connectivity index (χ3n) is 3.56. The molecular formula is C21H18OS2. The molecule has 3 aromatic carbocycles. The van der Waals surface area contributed by atoms with Crippen LogP contribution in [0, 0.1) is 0 Å². The molecule has 3 aromatic rings. The van der Waals surface area contributed by atoms with Crippen molar-refractivity contribution in [2.24, 2.45) is 0 Å². The van der Waals surface area contributed by atoms with Crippen molar-refractivity contribution in [2.75, 3.05) is 0 Å². The monoisotopic (exact) mass is 350 g/mol. The smallest absolute Gasteiger partial charge is 0.159 e. The fourth-order valence-corrected chi connectivity index (χ4v) is 4.85. The van der Waals surface area contributed by atoms with E-state index < -0.39 is 0 Å². The number of thioether (sulfide) groups is 2. The van der Waals surface area contributed by atoms with Crippen LogP contribution in [0.25, 0.3) is 0 Å². The van der Waals surface area contributed by atoms with Gasteiger partial charge >= 0.3 is 0 Å². The van der Waals surface area contributed by atoms with Gasteiger partial charge in [0.2, 0.25) is 0 Å². The molecule has 0 aliphatic carbocycles. The Hall–Kier alpha value is -1.97. The quantitative estimate of drug-likeness (QED) is 0.288. The SMILES string of the molecule is CC(=O)c1ccc(C(Sc2ccccc2)Sc2ccccc2)cc1. The highest BCUT2D eigenvalue weighted by atomic mass is 32.2. The summed E-state index contributed by atoms with van der Waals surface area (Å²) in [5, 5.41) is 0. The number of carbonyl (C=O) groups excluding carboxylic acids is 1. The second kappa shape index (κ2) is 8.22. The largest absolute Gasteiger partial charge is 0.295 e. The van der Waals surface area contributed by atoms with Gasteiger partial charge in [0.1, 0.15) is 0 Å². The molecule has 0 heterocycles. The van der Waals surface area contributed by atoms with Crippen molar-refractivity contribution < 1.29 is 4.79 Å². The van der Waals surface area contributed by atoms with Gasteiger partial charge in [-0.05, 0) is 36.8 Å². The highest BCUT2D eigenvalue weighted by Gasteiger charge is 2.15. The standard InChI is InChI=1S/C21H18OS2/c1-16(22)17-12-14-18(15-13-17)21(23-19-8-4-2-5-9-19)24-20-10-6-3-7-11-20/h2-15,21H,1H3. The molecule has 0 bridgehead atoms. The maximum Gasteiger partial charge on any atom is 0.159 e. The third kappa shape index (κ3) is 4.53. The minimum absolute atomic E-state index is 0.101. The molecule has 0 amide bonds. The van der Waals surface area contributed by atoms with Gasteiger partial charge in [0.25, 0.3) is 0 Å². The molecule has 120 valence electrons. The van der Waals surface area contributed by atoms with E-state index in [0.29, 0.717) is 0 Å². The van der Waals surface area contributed by atoms with Crippen LogP contribution in [0.5, 0.6) is 0 Å². The first-order valence-corrected chi connectivity index (χ1v) is 9.52. The van der Waals surface area contributed by atoms with Crippen LogP contribution < -0.4 is 0 Å². The van der Waals surface area contributed by atoms with Crippen molar-refractivity contribution in [1.29, 1.82) is 0 Å². The summed E-state index contributed by atoms with van der Waals surface area (Å²) in [6.45, 7) is 1.60. The average Bonchev–Trinajstić information content (AvgIpc) is 2.63. The van der Waals surface area contributed by atoms with Crippen molar-refractivity contribution in [3.63, 3.8) is 0 Å². The molecular weight excluding hydrogens is 332 g/mol. The van der Waals surface area contributed by atoms with E-state index in [2.05, 4.69) is 60.7 Å². The molecule has 0 saturated heterocycles. The number of hydrogen-bond acceptors (Lipinski definition) is 3. The molecule has 0 aliphatic rings. The van der Waals surface area contributed by atoms with E-state index in [-0.39, 0.29) is 10.4 Å². The maximum absolute atomic E-state index is 11.5. The van der Waals surface area contributed by atoms with Gasteiger partial charge in [-0.25, -0.2) is 0 Å². The Morgan fingerprint density at radius 3 is 1.58 bits per heavy atom. The molecule has 0 aromatic heterocycles. The molecule has 3 rings (SSSR count). The fraction of sp³-hybridized carbons (Fsp3) is 0.0952. The summed E-state index contributed by atoms with van der Waals surface area (Å²) in [6.07, 6.45) is 0. The Labute approximate surface area is 151 Å². The van der Waals surface area contributed by atoms with E-state index >= 15 is 0 Å². The van der Waals surface area contributed by atoms with Gasteiger partial charge in [-0.2, -0.15) is 0 Å². The number of rotatable bonds is 6. The van der Waals surface area contributed by atoms with Crippen LogP contribution >= 0.6 is 23.5 Å². The summed E-state index contributed by atoms with van der Waals surface area (Å²) < 4.78 is 0.232. The Balaban J connectivity index is 1.87. The minimum Gasteiger partial charge on any atom is -0.295 e. The highest BCUT2D eigenvalue weighted by Crippen LogP contribution is 2.46. The number of ketones is 1. The van der Waals surface area contributed by atoms with Crippen LogP contribution in [0.1, 0.15) is 27.4 Å². The molecule has 0 unspecified atom stereocenters. The van der Waals surface area contributed by atoms with E-state index in [9.17, 15) is 4.79 Å². The van der Waals surface area contributed by atoms with Crippen molar-refractivity contribution in [3.8, 4) is 0 Å². The average molecular weight is 351 g/mol. The van der Waals surface area contributed by atoms with E-state index in [0.717, 1.165) is 5.56 Å². The summed E-state index contributed by atoms with van der Waals surface area (Å²) in [4.78, 5) is 14.0. The van der Waals surface area contributed by atoms with E-state index in [4.69, 9.17) is 0 Å². The second-order valence-corrected chi connectivity index (χ2v) is 8.03. The third-order valence-corrected chi connectivity index (χ3v) is 6.20. The van der Waals surface area contributed by atoms with Crippen LogP contribution in [0.3, 0.4) is 0 Å². The van der Waals surface area contributed by atoms with Crippen LogP contribution in [-0.4, -0.2) is 5.78 Å². The summed E-state index contributed by atoms with van der Waals surface area (Å²) in [5.41, 5.74) is 1.97. The zero-order valence-electron chi connectivity index (χ0n) is 13.4. The molecule has 24 heavy (non-hydrogen) atoms. The molecule has 3 heteroatoms. The van der Waals surface area contributed by atoms with Crippen LogP contribution in [-0.2, 0) is 0 Å². The lowest BCUT2D eigenvalue weighted by molar-refractivity contribution is 0.101. The van der Waals surface area contributed by atoms with Gasteiger partial charge in [0, 0.05) is 15.4 Å². The Morgan fingerprint density at radius 2 is 1.17 bits per heavy atom. The lowest BCUT2D eigenvalue weighted by Gasteiger charge is -2.17. The fourth-order valence-electron chi connectivity index (χ4n) is 2.28. The van der Waals surface area contributed by atoms with Crippen molar-refractivity contribution >= 4 is 29.3 Å². The predicted octanol–water partition coefficient (Wildman–Crippen LogP) is 6.47. The summed E-state index contributed by atoms with van der Waals surface area (Å²) in [6, 6.07) is 28.8. The molecule has 0 atom stereocenters. The summed E-state index contributed by atoms with van der Waals surface area (Å²) >= 11 is 3.66. The van der Waals surface area contributed by atoms with E-state index in [1.54, 1.807) is 6.92 Å². The summed E-state index contributed by atoms with van der Waals surface area (Å²) in [7, 11) is 0. The van der Waals surface area contributed by atoms with Crippen LogP contribution in [0.15, 0.2) is 94.7 Å². The molecule has 0 fully saturated rings. The molecule has 0 aliphatic heterocycles. The molecule has 0 spiro atoms. The molecule has 1 nitrogen and oxygen atoms in total. The lowest BCUT2D eigenvalue weighted by Crippen LogP contribution is -1.94. The predicted molar refractivity (Wildman–Crippen MR) is 104 cm³/mol. The first-order valence-electron chi connectivity index (χ1n) is 7.77. The van der Waals surface area contributed by atoms with E-state index in [1.807, 2.05) is 47.8 Å². The lowest BCUT2D eigenvalue weighted by atomic mass is 10.1. The maximum atomic E-state index is 11.5. The van der Waals surface area contributed by atoms with Gasteiger partial charge in [-0.1, -0.05) is 60.7 Å². The molecule has 0 saturated carbocycles. The molecule has 0 radical (unpaired) electrons. The Bertz CT molecular complexity index is 742. The topological polar surface area (TPSA) is 17.1 Å². The van der Waals surface area contributed by atoms with Crippen molar-refractivity contribution in [3.05, 3.63) is 96.1 Å². The minimum atomic E-state index is 0.101. The van der Waals surface area contributed by atoms with Gasteiger partial charge < -0.3 is 0 Å². The van der Waals surface area contributed by atoms with Crippen molar-refractivity contribution in [1.82, 2.24) is 0 Å². The number of hydrogen-bond donors (Lipinski definition) is 0. The zero-order chi connectivity index (χ0) is 16.8. The summed E-state index contributed by atoms with van der Waals surface area (Å²) in [5.74, 6) is 0.101. The molecule has 0 N–H and O–H groups in total. The van der Waals surface area contributed by atoms with Gasteiger partial charge in [0.05, 0.1) is 4.58 Å². The van der Waals surface area contributed by atoms with Crippen LogP contribution in [0.2, 0.25) is 0 Å². The van der Waals surface area contributed by atoms with Crippen molar-refractivity contribution in [2.45, 2.75) is 21.3 Å². The van der Waals surface area contributed by atoms with Gasteiger partial charge in [0.15, 0.2) is 5.78 Å². The van der Waals surface area contributed by atoms with Gasteiger partial charge in [-0.15, -0.1) is 23.5 Å². The number of Topliss-reactive ketones (excluding diaryl/α,β-unsaturated/α-hetero) is 1. The van der Waals surface area contributed by atoms with Crippen LogP contribution in [0.4, 0.5) is 0 Å². The number of benzene rings is 3. The first-order chi connectivity index (χ1) is 11.7. The first kappa shape index (κ1) is 16.9. The van der Waals surface area contributed by atoms with E-state index in [1.165, 1.54) is 15.4 Å². The zero-order valence-corrected chi connectivity index (χ0v) is 15.0. The van der Waals surface area contributed by atoms with Gasteiger partial charge in [-0.3, -0.25) is 4.79 Å². The Morgan fingerprint density at radius 1 is 0.708 bits per heavy atom. The number of carbonyl (C=O) groups is 1. The normalized spacial score (nSPS) is 10.8.